The van der Waals surface area contributed by atoms with E-state index in [0.29, 0.717) is 13.1 Å². The highest BCUT2D eigenvalue weighted by atomic mass is 32.2. The molecule has 0 radical (unpaired) electrons. The van der Waals surface area contributed by atoms with E-state index >= 15 is 0 Å². The quantitative estimate of drug-likeness (QED) is 0.671. The highest BCUT2D eigenvalue weighted by Gasteiger charge is 2.40. The highest BCUT2D eigenvalue weighted by molar-refractivity contribution is 7.95. The van der Waals surface area contributed by atoms with Crippen molar-refractivity contribution in [3.63, 3.8) is 0 Å². The van der Waals surface area contributed by atoms with Crippen molar-refractivity contribution >= 4 is 19.9 Å². The molecule has 15 heavy (non-hydrogen) atoms. The van der Waals surface area contributed by atoms with E-state index < -0.39 is 25.1 Å². The number of sulfone groups is 1. The van der Waals surface area contributed by atoms with E-state index in [1.807, 2.05) is 0 Å². The summed E-state index contributed by atoms with van der Waals surface area (Å²) in [5, 5.41) is -0.694. The fourth-order valence-corrected chi connectivity index (χ4v) is 6.76. The average molecular weight is 253 g/mol. The van der Waals surface area contributed by atoms with Gasteiger partial charge in [0.25, 0.3) is 0 Å². The second kappa shape index (κ2) is 3.71. The van der Waals surface area contributed by atoms with Crippen molar-refractivity contribution in [3.05, 3.63) is 0 Å². The summed E-state index contributed by atoms with van der Waals surface area (Å²) >= 11 is 0. The smallest absolute Gasteiger partial charge is 0.218 e. The van der Waals surface area contributed by atoms with E-state index in [9.17, 15) is 16.8 Å². The van der Waals surface area contributed by atoms with Crippen LogP contribution < -0.4 is 0 Å². The lowest BCUT2D eigenvalue weighted by atomic mass is 10.4. The number of hydrogen-bond donors (Lipinski definition) is 0. The van der Waals surface area contributed by atoms with Gasteiger partial charge in [0, 0.05) is 13.1 Å². The Hall–Kier alpha value is -0.140. The predicted octanol–water partition coefficient (Wildman–Crippen LogP) is -0.401. The summed E-state index contributed by atoms with van der Waals surface area (Å²) in [6, 6.07) is 0. The van der Waals surface area contributed by atoms with E-state index in [0.717, 1.165) is 12.8 Å². The van der Waals surface area contributed by atoms with Gasteiger partial charge in [-0.3, -0.25) is 0 Å². The molecule has 0 N–H and O–H groups in total. The van der Waals surface area contributed by atoms with Crippen molar-refractivity contribution in [3.8, 4) is 0 Å². The van der Waals surface area contributed by atoms with Gasteiger partial charge in [-0.15, -0.1) is 0 Å². The summed E-state index contributed by atoms with van der Waals surface area (Å²) in [5.41, 5.74) is 0. The lowest BCUT2D eigenvalue weighted by Crippen LogP contribution is -2.37. The molecule has 2 aliphatic rings. The molecule has 0 aliphatic carbocycles. The van der Waals surface area contributed by atoms with Gasteiger partial charge >= 0.3 is 0 Å². The molecule has 0 bridgehead atoms. The lowest BCUT2D eigenvalue weighted by molar-refractivity contribution is 0.467. The molecule has 0 aromatic carbocycles. The Morgan fingerprint density at radius 3 is 2.20 bits per heavy atom. The summed E-state index contributed by atoms with van der Waals surface area (Å²) in [6.07, 6.45) is 2.04. The van der Waals surface area contributed by atoms with Crippen LogP contribution in [-0.2, 0) is 19.9 Å². The first kappa shape index (κ1) is 11.3. The molecular weight excluding hydrogens is 238 g/mol. The maximum Gasteiger partial charge on any atom is 0.218 e. The monoisotopic (exact) mass is 253 g/mol. The molecule has 7 heteroatoms. The number of rotatable bonds is 2. The van der Waals surface area contributed by atoms with Crippen LogP contribution in [0.2, 0.25) is 0 Å². The van der Waals surface area contributed by atoms with Gasteiger partial charge < -0.3 is 0 Å². The Morgan fingerprint density at radius 1 is 1.13 bits per heavy atom. The minimum absolute atomic E-state index is 0.0186. The van der Waals surface area contributed by atoms with E-state index in [4.69, 9.17) is 0 Å². The summed E-state index contributed by atoms with van der Waals surface area (Å²) in [4.78, 5) is 0. The van der Waals surface area contributed by atoms with Crippen molar-refractivity contribution in [2.45, 2.75) is 24.5 Å². The lowest BCUT2D eigenvalue weighted by Gasteiger charge is -2.19. The molecule has 88 valence electrons. The maximum absolute atomic E-state index is 12.0. The van der Waals surface area contributed by atoms with Crippen LogP contribution in [0.1, 0.15) is 19.3 Å². The zero-order chi connectivity index (χ0) is 11.1. The van der Waals surface area contributed by atoms with Crippen LogP contribution in [0.5, 0.6) is 0 Å². The molecule has 2 saturated heterocycles. The fraction of sp³-hybridized carbons (Fsp3) is 1.00. The fourth-order valence-electron chi connectivity index (χ4n) is 2.15. The van der Waals surface area contributed by atoms with Gasteiger partial charge in [0.05, 0.1) is 16.8 Å². The van der Waals surface area contributed by atoms with Crippen LogP contribution in [-0.4, -0.2) is 51.0 Å². The Morgan fingerprint density at radius 2 is 1.73 bits per heavy atom. The van der Waals surface area contributed by atoms with E-state index in [1.165, 1.54) is 4.31 Å². The molecule has 0 aromatic rings. The first-order valence-electron chi connectivity index (χ1n) is 5.11. The molecule has 2 rings (SSSR count). The normalized spacial score (nSPS) is 32.1. The third-order valence-corrected chi connectivity index (χ3v) is 7.35. The molecular formula is C8H15NO4S2. The van der Waals surface area contributed by atoms with Gasteiger partial charge in [-0.25, -0.2) is 21.1 Å². The molecule has 5 nitrogen and oxygen atoms in total. The standard InChI is InChI=1S/C8H15NO4S2/c10-14(11)6-3-8(7-14)15(12,13)9-4-1-2-5-9/h8H,1-7H2/t8-/m1/s1. The van der Waals surface area contributed by atoms with Crippen molar-refractivity contribution in [2.75, 3.05) is 24.6 Å². The van der Waals surface area contributed by atoms with E-state index in [-0.39, 0.29) is 17.9 Å². The molecule has 0 saturated carbocycles. The van der Waals surface area contributed by atoms with E-state index in [2.05, 4.69) is 0 Å². The maximum atomic E-state index is 12.0. The van der Waals surface area contributed by atoms with Crippen molar-refractivity contribution in [1.82, 2.24) is 4.31 Å². The molecule has 0 spiro atoms. The Labute approximate surface area is 90.4 Å². The van der Waals surface area contributed by atoms with Gasteiger partial charge in [-0.05, 0) is 19.3 Å². The third kappa shape index (κ3) is 2.19. The largest absolute Gasteiger partial charge is 0.229 e. The van der Waals surface area contributed by atoms with Crippen LogP contribution in [0.15, 0.2) is 0 Å². The van der Waals surface area contributed by atoms with Crippen LogP contribution in [0.3, 0.4) is 0 Å². The minimum Gasteiger partial charge on any atom is -0.229 e. The van der Waals surface area contributed by atoms with Gasteiger partial charge in [-0.2, -0.15) is 0 Å². The number of sulfonamides is 1. The number of nitrogens with zero attached hydrogens (tertiary/aromatic N) is 1. The summed E-state index contributed by atoms with van der Waals surface area (Å²) < 4.78 is 47.9. The molecule has 2 fully saturated rings. The third-order valence-electron chi connectivity index (χ3n) is 3.04. The molecule has 0 amide bonds. The van der Waals surface area contributed by atoms with E-state index in [1.54, 1.807) is 0 Å². The topological polar surface area (TPSA) is 71.5 Å². The van der Waals surface area contributed by atoms with Crippen LogP contribution in [0.4, 0.5) is 0 Å². The van der Waals surface area contributed by atoms with Crippen LogP contribution >= 0.6 is 0 Å². The van der Waals surface area contributed by atoms with Crippen molar-refractivity contribution in [1.29, 1.82) is 0 Å². The van der Waals surface area contributed by atoms with Gasteiger partial charge in [0.2, 0.25) is 10.0 Å². The Bertz CT molecular complexity index is 433. The Balaban J connectivity index is 2.17. The zero-order valence-electron chi connectivity index (χ0n) is 8.42. The summed E-state index contributed by atoms with van der Waals surface area (Å²) in [6.45, 7) is 1.11. The predicted molar refractivity (Wildman–Crippen MR) is 56.8 cm³/mol. The SMILES string of the molecule is O=S1(=O)CC[C@@H](S(=O)(=O)N2CCCC2)C1. The first-order chi connectivity index (χ1) is 6.92. The number of hydrogen-bond acceptors (Lipinski definition) is 4. The molecule has 0 unspecified atom stereocenters. The first-order valence-corrected chi connectivity index (χ1v) is 8.44. The second-order valence-corrected chi connectivity index (χ2v) is 8.62. The molecule has 0 aromatic heterocycles. The summed E-state index contributed by atoms with van der Waals surface area (Å²) in [7, 11) is -6.47. The van der Waals surface area contributed by atoms with Crippen molar-refractivity contribution in [2.24, 2.45) is 0 Å². The zero-order valence-corrected chi connectivity index (χ0v) is 10.1. The molecule has 1 atom stereocenters. The Kier molecular flexibility index (Phi) is 2.81. The van der Waals surface area contributed by atoms with Gasteiger partial charge in [0.1, 0.15) is 0 Å². The average Bonchev–Trinajstić information content (AvgIpc) is 2.72. The van der Waals surface area contributed by atoms with Crippen LogP contribution in [0.25, 0.3) is 0 Å². The van der Waals surface area contributed by atoms with Gasteiger partial charge in [-0.1, -0.05) is 0 Å². The van der Waals surface area contributed by atoms with Crippen molar-refractivity contribution < 1.29 is 16.8 Å². The minimum atomic E-state index is -3.36. The van der Waals surface area contributed by atoms with Crippen LogP contribution in [0, 0.1) is 0 Å². The van der Waals surface area contributed by atoms with Gasteiger partial charge in [0.15, 0.2) is 9.84 Å². The molecule has 2 heterocycles. The second-order valence-electron chi connectivity index (χ2n) is 4.18. The highest BCUT2D eigenvalue weighted by Crippen LogP contribution is 2.24. The summed E-state index contributed by atoms with van der Waals surface area (Å²) in [5.74, 6) is -0.170. The molecule has 2 aliphatic heterocycles.